The largest absolute Gasteiger partial charge is 0.357 e. The van der Waals surface area contributed by atoms with Crippen LogP contribution < -0.4 is 10.6 Å². The summed E-state index contributed by atoms with van der Waals surface area (Å²) in [5.41, 5.74) is 2.87. The van der Waals surface area contributed by atoms with Gasteiger partial charge in [-0.25, -0.2) is 19.0 Å². The molecular formula is C20H26FIN6S. The minimum Gasteiger partial charge on any atom is -0.357 e. The Hall–Kier alpha value is -2.01. The van der Waals surface area contributed by atoms with Crippen molar-refractivity contribution in [1.82, 2.24) is 25.4 Å². The number of benzene rings is 1. The molecule has 29 heavy (non-hydrogen) atoms. The molecule has 0 amide bonds. The van der Waals surface area contributed by atoms with Crippen molar-refractivity contribution in [3.8, 4) is 5.69 Å². The molecule has 6 nitrogen and oxygen atoms in total. The normalized spacial score (nSPS) is 11.2. The summed E-state index contributed by atoms with van der Waals surface area (Å²) in [6.07, 6.45) is 2.64. The summed E-state index contributed by atoms with van der Waals surface area (Å²) in [5, 5.41) is 12.1. The van der Waals surface area contributed by atoms with Crippen LogP contribution in [0.1, 0.15) is 28.2 Å². The van der Waals surface area contributed by atoms with E-state index in [-0.39, 0.29) is 29.8 Å². The van der Waals surface area contributed by atoms with E-state index in [1.165, 1.54) is 17.0 Å². The Balaban J connectivity index is 0.00000300. The minimum atomic E-state index is -0.251. The van der Waals surface area contributed by atoms with E-state index in [4.69, 9.17) is 0 Å². The Kier molecular flexibility index (Phi) is 9.02. The third-order valence-corrected chi connectivity index (χ3v) is 5.26. The summed E-state index contributed by atoms with van der Waals surface area (Å²) in [5.74, 6) is 0.518. The number of aromatic nitrogens is 3. The van der Waals surface area contributed by atoms with Gasteiger partial charge in [0, 0.05) is 30.6 Å². The van der Waals surface area contributed by atoms with Gasteiger partial charge in [0.15, 0.2) is 5.96 Å². The molecule has 1 aromatic carbocycles. The Morgan fingerprint density at radius 1 is 1.17 bits per heavy atom. The zero-order chi connectivity index (χ0) is 19.9. The molecule has 0 radical (unpaired) electrons. The summed E-state index contributed by atoms with van der Waals surface area (Å²) in [4.78, 5) is 10.4. The van der Waals surface area contributed by atoms with Crippen molar-refractivity contribution in [2.75, 3.05) is 13.1 Å². The number of hydrogen-bond donors (Lipinski definition) is 2. The number of halogens is 2. The highest BCUT2D eigenvalue weighted by Gasteiger charge is 2.05. The second-order valence-corrected chi connectivity index (χ2v) is 7.64. The second kappa shape index (κ2) is 11.2. The van der Waals surface area contributed by atoms with Crippen LogP contribution in [0.5, 0.6) is 0 Å². The molecule has 0 saturated heterocycles. The first-order chi connectivity index (χ1) is 13.5. The predicted octanol–water partition coefficient (Wildman–Crippen LogP) is 4.00. The van der Waals surface area contributed by atoms with Crippen LogP contribution in [0.2, 0.25) is 0 Å². The lowest BCUT2D eigenvalue weighted by Gasteiger charge is -2.10. The van der Waals surface area contributed by atoms with E-state index in [1.54, 1.807) is 28.2 Å². The standard InChI is InChI=1S/C20H25FN6S.HI/c1-4-22-20(24-13-19-25-14(2)15(3)28-19)23-11-9-17-10-12-27(26-17)18-7-5-16(21)6-8-18;/h5-8,10,12H,4,9,11,13H2,1-3H3,(H2,22,23,24);1H. The van der Waals surface area contributed by atoms with Crippen LogP contribution in [0.25, 0.3) is 5.69 Å². The molecule has 9 heteroatoms. The van der Waals surface area contributed by atoms with Crippen molar-refractivity contribution < 1.29 is 4.39 Å². The van der Waals surface area contributed by atoms with E-state index in [0.29, 0.717) is 13.1 Å². The monoisotopic (exact) mass is 528 g/mol. The molecule has 0 fully saturated rings. The number of aryl methyl sites for hydroxylation is 2. The van der Waals surface area contributed by atoms with Crippen LogP contribution in [-0.2, 0) is 13.0 Å². The van der Waals surface area contributed by atoms with Gasteiger partial charge in [-0.1, -0.05) is 0 Å². The smallest absolute Gasteiger partial charge is 0.191 e. The first kappa shape index (κ1) is 23.3. The van der Waals surface area contributed by atoms with E-state index >= 15 is 0 Å². The highest BCUT2D eigenvalue weighted by atomic mass is 127. The fourth-order valence-corrected chi connectivity index (χ4v) is 3.50. The molecule has 0 bridgehead atoms. The van der Waals surface area contributed by atoms with Gasteiger partial charge in [0.05, 0.1) is 23.6 Å². The van der Waals surface area contributed by atoms with E-state index in [2.05, 4.69) is 32.6 Å². The molecule has 0 unspecified atom stereocenters. The van der Waals surface area contributed by atoms with Crippen molar-refractivity contribution in [3.63, 3.8) is 0 Å². The quantitative estimate of drug-likeness (QED) is 0.277. The Labute approximate surface area is 191 Å². The lowest BCUT2D eigenvalue weighted by molar-refractivity contribution is 0.627. The van der Waals surface area contributed by atoms with Gasteiger partial charge < -0.3 is 10.6 Å². The molecular weight excluding hydrogens is 502 g/mol. The lowest BCUT2D eigenvalue weighted by Crippen LogP contribution is -2.38. The third-order valence-electron chi connectivity index (χ3n) is 4.20. The molecule has 2 aromatic heterocycles. The van der Waals surface area contributed by atoms with Crippen molar-refractivity contribution in [2.24, 2.45) is 4.99 Å². The van der Waals surface area contributed by atoms with Crippen molar-refractivity contribution >= 4 is 41.3 Å². The molecule has 0 atom stereocenters. The Bertz CT molecular complexity index is 915. The fourth-order valence-electron chi connectivity index (χ4n) is 2.64. The van der Waals surface area contributed by atoms with Crippen LogP contribution >= 0.6 is 35.3 Å². The van der Waals surface area contributed by atoms with Crippen LogP contribution in [0.15, 0.2) is 41.5 Å². The molecule has 2 heterocycles. The first-order valence-corrected chi connectivity index (χ1v) is 10.1. The summed E-state index contributed by atoms with van der Waals surface area (Å²) < 4.78 is 14.8. The van der Waals surface area contributed by atoms with Gasteiger partial charge in [0.25, 0.3) is 0 Å². The number of nitrogens with zero attached hydrogens (tertiary/aromatic N) is 4. The molecule has 0 aliphatic heterocycles. The lowest BCUT2D eigenvalue weighted by atomic mass is 10.3. The summed E-state index contributed by atoms with van der Waals surface area (Å²) in [6.45, 7) is 8.21. The number of aliphatic imine (C=N–C) groups is 1. The number of nitrogens with one attached hydrogen (secondary N) is 2. The van der Waals surface area contributed by atoms with Gasteiger partial charge in [-0.3, -0.25) is 0 Å². The summed E-state index contributed by atoms with van der Waals surface area (Å²) in [7, 11) is 0. The van der Waals surface area contributed by atoms with Crippen LogP contribution in [0.3, 0.4) is 0 Å². The first-order valence-electron chi connectivity index (χ1n) is 9.30. The maximum absolute atomic E-state index is 13.0. The van der Waals surface area contributed by atoms with Crippen LogP contribution in [-0.4, -0.2) is 33.8 Å². The summed E-state index contributed by atoms with van der Waals surface area (Å²) >= 11 is 1.69. The van der Waals surface area contributed by atoms with Crippen molar-refractivity contribution in [2.45, 2.75) is 33.7 Å². The predicted molar refractivity (Wildman–Crippen MR) is 127 cm³/mol. The average Bonchev–Trinajstić information content (AvgIpc) is 3.27. The fraction of sp³-hybridized carbons (Fsp3) is 0.350. The number of hydrogen-bond acceptors (Lipinski definition) is 4. The van der Waals surface area contributed by atoms with Gasteiger partial charge in [-0.2, -0.15) is 5.10 Å². The molecule has 0 saturated carbocycles. The van der Waals surface area contributed by atoms with E-state index in [0.717, 1.165) is 41.0 Å². The zero-order valence-electron chi connectivity index (χ0n) is 16.8. The Morgan fingerprint density at radius 2 is 1.93 bits per heavy atom. The van der Waals surface area contributed by atoms with Gasteiger partial charge in [0.2, 0.25) is 0 Å². The topological polar surface area (TPSA) is 67.1 Å². The molecule has 0 aliphatic carbocycles. The number of rotatable bonds is 7. The molecule has 2 N–H and O–H groups in total. The zero-order valence-corrected chi connectivity index (χ0v) is 19.9. The highest BCUT2D eigenvalue weighted by Crippen LogP contribution is 2.17. The molecule has 3 rings (SSSR count). The maximum atomic E-state index is 13.0. The summed E-state index contributed by atoms with van der Waals surface area (Å²) in [6, 6.07) is 8.26. The molecule has 0 spiro atoms. The van der Waals surface area contributed by atoms with Crippen LogP contribution in [0.4, 0.5) is 4.39 Å². The molecule has 3 aromatic rings. The minimum absolute atomic E-state index is 0. The maximum Gasteiger partial charge on any atom is 0.191 e. The van der Waals surface area contributed by atoms with Crippen molar-refractivity contribution in [1.29, 1.82) is 0 Å². The van der Waals surface area contributed by atoms with E-state index in [1.807, 2.05) is 26.1 Å². The van der Waals surface area contributed by atoms with E-state index < -0.39 is 0 Å². The molecule has 156 valence electrons. The second-order valence-electron chi connectivity index (χ2n) is 6.35. The van der Waals surface area contributed by atoms with Gasteiger partial charge in [0.1, 0.15) is 10.8 Å². The number of guanidine groups is 1. The average molecular weight is 528 g/mol. The number of thiazole rings is 1. The molecule has 0 aliphatic rings. The van der Waals surface area contributed by atoms with Gasteiger partial charge >= 0.3 is 0 Å². The SMILES string of the molecule is CCNC(=NCc1nc(C)c(C)s1)NCCc1ccn(-c2ccc(F)cc2)n1.I. The van der Waals surface area contributed by atoms with Crippen molar-refractivity contribution in [3.05, 3.63) is 63.6 Å². The Morgan fingerprint density at radius 3 is 2.59 bits per heavy atom. The third kappa shape index (κ3) is 6.77. The van der Waals surface area contributed by atoms with Gasteiger partial charge in [-0.15, -0.1) is 35.3 Å². The van der Waals surface area contributed by atoms with E-state index in [9.17, 15) is 4.39 Å². The van der Waals surface area contributed by atoms with Gasteiger partial charge in [-0.05, 0) is 51.1 Å². The highest BCUT2D eigenvalue weighted by molar-refractivity contribution is 14.0. The van der Waals surface area contributed by atoms with Crippen LogP contribution in [0, 0.1) is 19.7 Å².